The second-order valence-corrected chi connectivity index (χ2v) is 1.77. The first-order valence-electron chi connectivity index (χ1n) is 1.89. The van der Waals surface area contributed by atoms with Gasteiger partial charge in [-0.3, -0.25) is 0 Å². The van der Waals surface area contributed by atoms with E-state index in [4.69, 9.17) is 5.11 Å². The van der Waals surface area contributed by atoms with Gasteiger partial charge in [0.15, 0.2) is 5.60 Å². The Kier molecular flexibility index (Phi) is 1.57. The summed E-state index contributed by atoms with van der Waals surface area (Å²) in [6.45, 7) is 3.06. The molecule has 0 bridgehead atoms. The molecule has 0 aromatic rings. The fourth-order valence-corrected chi connectivity index (χ4v) is 0. The highest BCUT2D eigenvalue weighted by Crippen LogP contribution is 2.28. The summed E-state index contributed by atoms with van der Waals surface area (Å²) in [7, 11) is 0. The van der Waals surface area contributed by atoms with E-state index < -0.39 is 11.8 Å². The molecule has 0 aliphatic heterocycles. The zero-order chi connectivity index (χ0) is 7.00. The molecule has 0 aliphatic rings. The molecular formula is C4H6F3O. The highest BCUT2D eigenvalue weighted by atomic mass is 19.4. The predicted molar refractivity (Wildman–Crippen MR) is 22.0 cm³/mol. The summed E-state index contributed by atoms with van der Waals surface area (Å²) in [4.78, 5) is 0. The number of rotatable bonds is 0. The van der Waals surface area contributed by atoms with Crippen LogP contribution in [-0.2, 0) is 0 Å². The maximum Gasteiger partial charge on any atom is 0.416 e. The Labute approximate surface area is 45.1 Å². The van der Waals surface area contributed by atoms with E-state index in [1.165, 1.54) is 0 Å². The van der Waals surface area contributed by atoms with E-state index in [0.29, 0.717) is 6.92 Å². The van der Waals surface area contributed by atoms with Crippen LogP contribution in [0.2, 0.25) is 0 Å². The maximum atomic E-state index is 11.2. The van der Waals surface area contributed by atoms with Crippen molar-refractivity contribution in [1.82, 2.24) is 0 Å². The van der Waals surface area contributed by atoms with Crippen LogP contribution in [0.15, 0.2) is 0 Å². The first-order valence-corrected chi connectivity index (χ1v) is 1.89. The van der Waals surface area contributed by atoms with Gasteiger partial charge in [-0.15, -0.1) is 0 Å². The molecule has 4 heteroatoms. The van der Waals surface area contributed by atoms with Crippen molar-refractivity contribution in [3.05, 3.63) is 6.92 Å². The Balaban J connectivity index is 4.02. The van der Waals surface area contributed by atoms with Gasteiger partial charge in [-0.05, 0) is 13.8 Å². The maximum absolute atomic E-state index is 11.2. The van der Waals surface area contributed by atoms with Crippen molar-refractivity contribution in [2.24, 2.45) is 0 Å². The van der Waals surface area contributed by atoms with Gasteiger partial charge in [0.25, 0.3) is 0 Å². The Bertz CT molecular complexity index is 66.3. The van der Waals surface area contributed by atoms with Gasteiger partial charge in [0, 0.05) is 0 Å². The molecule has 1 N–H and O–H groups in total. The normalized spacial score (nSPS) is 14.2. The highest BCUT2D eigenvalue weighted by Gasteiger charge is 2.45. The Morgan fingerprint density at radius 1 is 1.38 bits per heavy atom. The molecule has 0 heterocycles. The van der Waals surface area contributed by atoms with Gasteiger partial charge in [0.1, 0.15) is 0 Å². The molecular weight excluding hydrogens is 121 g/mol. The molecule has 1 radical (unpaired) electrons. The van der Waals surface area contributed by atoms with Crippen LogP contribution in [0.3, 0.4) is 0 Å². The zero-order valence-corrected chi connectivity index (χ0v) is 4.29. The van der Waals surface area contributed by atoms with Crippen LogP contribution in [0.1, 0.15) is 6.92 Å². The summed E-state index contributed by atoms with van der Waals surface area (Å²) >= 11 is 0. The quantitative estimate of drug-likeness (QED) is 0.517. The second-order valence-electron chi connectivity index (χ2n) is 1.77. The van der Waals surface area contributed by atoms with E-state index in [1.807, 2.05) is 0 Å². The smallest absolute Gasteiger partial charge is 0.381 e. The van der Waals surface area contributed by atoms with Crippen LogP contribution in [0.4, 0.5) is 13.2 Å². The van der Waals surface area contributed by atoms with Crippen molar-refractivity contribution in [2.75, 3.05) is 0 Å². The van der Waals surface area contributed by atoms with Crippen LogP contribution < -0.4 is 0 Å². The lowest BCUT2D eigenvalue weighted by atomic mass is 10.1. The Hall–Kier alpha value is -0.250. The van der Waals surface area contributed by atoms with Gasteiger partial charge >= 0.3 is 6.18 Å². The zero-order valence-electron chi connectivity index (χ0n) is 4.29. The lowest BCUT2D eigenvalue weighted by Gasteiger charge is -2.19. The topological polar surface area (TPSA) is 20.2 Å². The average Bonchev–Trinajstić information content (AvgIpc) is 1.25. The lowest BCUT2D eigenvalue weighted by molar-refractivity contribution is -0.233. The summed E-state index contributed by atoms with van der Waals surface area (Å²) in [5, 5.41) is 8.12. The van der Waals surface area contributed by atoms with Crippen molar-refractivity contribution in [1.29, 1.82) is 0 Å². The number of hydrogen-bond donors (Lipinski definition) is 1. The molecule has 0 saturated carbocycles. The van der Waals surface area contributed by atoms with Crippen LogP contribution in [-0.4, -0.2) is 16.9 Å². The van der Waals surface area contributed by atoms with Crippen molar-refractivity contribution >= 4 is 0 Å². The summed E-state index contributed by atoms with van der Waals surface area (Å²) in [6.07, 6.45) is -4.62. The molecule has 0 aromatic carbocycles. The number of alkyl halides is 3. The van der Waals surface area contributed by atoms with Crippen molar-refractivity contribution in [3.63, 3.8) is 0 Å². The standard InChI is InChI=1S/C4H6F3O/c1-3(2,8)4(5,6)7/h8H,1H2,2H3/t3-/m0/s1. The highest BCUT2D eigenvalue weighted by molar-refractivity contribution is 4.83. The fourth-order valence-electron chi connectivity index (χ4n) is 0. The summed E-state index contributed by atoms with van der Waals surface area (Å²) in [5.74, 6) is 0. The molecule has 0 fully saturated rings. The minimum atomic E-state index is -4.62. The van der Waals surface area contributed by atoms with Crippen molar-refractivity contribution in [3.8, 4) is 0 Å². The number of hydrogen-bond acceptors (Lipinski definition) is 1. The molecule has 0 aliphatic carbocycles. The summed E-state index contributed by atoms with van der Waals surface area (Å²) < 4.78 is 33.8. The molecule has 0 aromatic heterocycles. The molecule has 0 spiro atoms. The second kappa shape index (κ2) is 1.62. The van der Waals surface area contributed by atoms with Gasteiger partial charge in [0.2, 0.25) is 0 Å². The monoisotopic (exact) mass is 127 g/mol. The van der Waals surface area contributed by atoms with Crippen LogP contribution in [0.25, 0.3) is 0 Å². The third-order valence-corrected chi connectivity index (χ3v) is 0.611. The predicted octanol–water partition coefficient (Wildman–Crippen LogP) is 1.13. The SMILES string of the molecule is [CH2][C@@](C)(O)C(F)(F)F. The number of halogens is 3. The minimum absolute atomic E-state index is 0.590. The summed E-state index contributed by atoms with van der Waals surface area (Å²) in [6, 6.07) is 0. The molecule has 1 nitrogen and oxygen atoms in total. The molecule has 0 rings (SSSR count). The van der Waals surface area contributed by atoms with Crippen molar-refractivity contribution in [2.45, 2.75) is 18.7 Å². The van der Waals surface area contributed by atoms with Crippen LogP contribution in [0.5, 0.6) is 0 Å². The third kappa shape index (κ3) is 1.69. The third-order valence-electron chi connectivity index (χ3n) is 0.611. The minimum Gasteiger partial charge on any atom is -0.381 e. The average molecular weight is 127 g/mol. The van der Waals surface area contributed by atoms with E-state index >= 15 is 0 Å². The van der Waals surface area contributed by atoms with Gasteiger partial charge in [0.05, 0.1) is 0 Å². The van der Waals surface area contributed by atoms with E-state index in [2.05, 4.69) is 6.92 Å². The first-order chi connectivity index (χ1) is 3.25. The molecule has 0 unspecified atom stereocenters. The van der Waals surface area contributed by atoms with E-state index in [9.17, 15) is 13.2 Å². The van der Waals surface area contributed by atoms with E-state index in [1.54, 1.807) is 0 Å². The van der Waals surface area contributed by atoms with Gasteiger partial charge in [-0.2, -0.15) is 13.2 Å². The van der Waals surface area contributed by atoms with Crippen LogP contribution >= 0.6 is 0 Å². The van der Waals surface area contributed by atoms with Gasteiger partial charge < -0.3 is 5.11 Å². The summed E-state index contributed by atoms with van der Waals surface area (Å²) in [5.41, 5.74) is -2.81. The lowest BCUT2D eigenvalue weighted by Crippen LogP contribution is -2.38. The largest absolute Gasteiger partial charge is 0.416 e. The van der Waals surface area contributed by atoms with Crippen LogP contribution in [0, 0.1) is 6.92 Å². The van der Waals surface area contributed by atoms with E-state index in [0.717, 1.165) is 0 Å². The number of aliphatic hydroxyl groups is 1. The van der Waals surface area contributed by atoms with Gasteiger partial charge in [-0.25, -0.2) is 0 Å². The fraction of sp³-hybridized carbons (Fsp3) is 0.750. The first kappa shape index (κ1) is 7.75. The molecule has 8 heavy (non-hydrogen) atoms. The molecule has 0 saturated heterocycles. The van der Waals surface area contributed by atoms with Crippen molar-refractivity contribution < 1.29 is 18.3 Å². The Morgan fingerprint density at radius 2 is 1.50 bits per heavy atom. The molecule has 49 valence electrons. The van der Waals surface area contributed by atoms with E-state index in [-0.39, 0.29) is 0 Å². The van der Waals surface area contributed by atoms with Gasteiger partial charge in [-0.1, -0.05) is 0 Å². The molecule has 1 atom stereocenters. The molecule has 0 amide bonds. The Morgan fingerprint density at radius 3 is 1.50 bits per heavy atom.